The predicted molar refractivity (Wildman–Crippen MR) is 63.9 cm³/mol. The monoisotopic (exact) mass is 235 g/mol. The van der Waals surface area contributed by atoms with Gasteiger partial charge in [-0.05, 0) is 24.6 Å². The van der Waals surface area contributed by atoms with Crippen LogP contribution >= 0.6 is 11.3 Å². The third-order valence-electron chi connectivity index (χ3n) is 2.33. The van der Waals surface area contributed by atoms with Crippen LogP contribution in [0.25, 0.3) is 0 Å². The van der Waals surface area contributed by atoms with Crippen molar-refractivity contribution in [2.75, 3.05) is 7.11 Å². The summed E-state index contributed by atoms with van der Waals surface area (Å²) in [6.07, 6.45) is -0.681. The number of benzene rings is 1. The molecule has 16 heavy (non-hydrogen) atoms. The fourth-order valence-electron chi connectivity index (χ4n) is 1.49. The van der Waals surface area contributed by atoms with E-state index in [2.05, 4.69) is 4.98 Å². The Hall–Kier alpha value is -1.39. The van der Waals surface area contributed by atoms with E-state index in [4.69, 9.17) is 4.74 Å². The molecular weight excluding hydrogens is 222 g/mol. The molecule has 0 fully saturated rings. The van der Waals surface area contributed by atoms with Gasteiger partial charge in [0.2, 0.25) is 0 Å². The van der Waals surface area contributed by atoms with Crippen LogP contribution in [0.2, 0.25) is 0 Å². The second-order valence-electron chi connectivity index (χ2n) is 3.47. The highest BCUT2D eigenvalue weighted by Gasteiger charge is 2.13. The molecule has 0 aliphatic rings. The van der Waals surface area contributed by atoms with Gasteiger partial charge >= 0.3 is 0 Å². The number of hydrogen-bond donors (Lipinski definition) is 1. The molecule has 0 amide bonds. The van der Waals surface area contributed by atoms with E-state index in [-0.39, 0.29) is 0 Å². The molecule has 0 aliphatic carbocycles. The molecule has 0 saturated carbocycles. The maximum absolute atomic E-state index is 10.1. The zero-order valence-corrected chi connectivity index (χ0v) is 9.99. The quantitative estimate of drug-likeness (QED) is 0.889. The maximum atomic E-state index is 10.1. The molecule has 1 heterocycles. The lowest BCUT2D eigenvalue weighted by Gasteiger charge is -2.09. The topological polar surface area (TPSA) is 42.4 Å². The van der Waals surface area contributed by atoms with Crippen LogP contribution < -0.4 is 4.74 Å². The smallest absolute Gasteiger partial charge is 0.122 e. The van der Waals surface area contributed by atoms with Crippen LogP contribution in [0.4, 0.5) is 0 Å². The van der Waals surface area contributed by atoms with Gasteiger partial charge in [-0.2, -0.15) is 0 Å². The summed E-state index contributed by atoms with van der Waals surface area (Å²) in [7, 11) is 1.61. The van der Waals surface area contributed by atoms with E-state index in [1.165, 1.54) is 11.3 Å². The minimum Gasteiger partial charge on any atom is -0.497 e. The average Bonchev–Trinajstić information content (AvgIpc) is 2.75. The Morgan fingerprint density at radius 2 is 2.25 bits per heavy atom. The Morgan fingerprint density at radius 1 is 1.44 bits per heavy atom. The summed E-state index contributed by atoms with van der Waals surface area (Å²) in [4.78, 5) is 4.27. The van der Waals surface area contributed by atoms with Gasteiger partial charge in [-0.1, -0.05) is 12.1 Å². The van der Waals surface area contributed by atoms with Gasteiger partial charge in [0.1, 0.15) is 11.9 Å². The number of aryl methyl sites for hydroxylation is 1. The molecule has 3 nitrogen and oxygen atoms in total. The molecule has 0 spiro atoms. The van der Waals surface area contributed by atoms with Crippen LogP contribution in [0.15, 0.2) is 29.6 Å². The highest BCUT2D eigenvalue weighted by atomic mass is 32.1. The molecule has 0 saturated heterocycles. The highest BCUT2D eigenvalue weighted by Crippen LogP contribution is 2.25. The third kappa shape index (κ3) is 2.23. The standard InChI is InChI=1S/C12H13NO2S/c1-8-13-11(7-16-8)12(14)9-4-3-5-10(6-9)15-2/h3-7,12,14H,1-2H3. The summed E-state index contributed by atoms with van der Waals surface area (Å²) in [5, 5.41) is 12.9. The van der Waals surface area contributed by atoms with Gasteiger partial charge in [-0.3, -0.25) is 0 Å². The van der Waals surface area contributed by atoms with E-state index in [1.54, 1.807) is 7.11 Å². The first-order valence-corrected chi connectivity index (χ1v) is 5.82. The Kier molecular flexibility index (Phi) is 3.22. The van der Waals surface area contributed by atoms with E-state index in [1.807, 2.05) is 36.6 Å². The molecule has 1 atom stereocenters. The van der Waals surface area contributed by atoms with Gasteiger partial charge in [-0.15, -0.1) is 11.3 Å². The molecule has 0 aliphatic heterocycles. The van der Waals surface area contributed by atoms with Crippen molar-refractivity contribution < 1.29 is 9.84 Å². The van der Waals surface area contributed by atoms with Crippen LogP contribution in [0.3, 0.4) is 0 Å². The molecular formula is C12H13NO2S. The van der Waals surface area contributed by atoms with Crippen LogP contribution in [0.5, 0.6) is 5.75 Å². The molecule has 1 aromatic carbocycles. The van der Waals surface area contributed by atoms with Crippen LogP contribution in [0, 0.1) is 6.92 Å². The SMILES string of the molecule is COc1cccc(C(O)c2csc(C)n2)c1. The number of nitrogens with zero attached hydrogens (tertiary/aromatic N) is 1. The second-order valence-corrected chi connectivity index (χ2v) is 4.53. The lowest BCUT2D eigenvalue weighted by Crippen LogP contribution is -2.00. The highest BCUT2D eigenvalue weighted by molar-refractivity contribution is 7.09. The number of thiazole rings is 1. The van der Waals surface area contributed by atoms with Crippen molar-refractivity contribution in [1.82, 2.24) is 4.98 Å². The molecule has 1 aromatic heterocycles. The molecule has 1 N–H and O–H groups in total. The van der Waals surface area contributed by atoms with Crippen LogP contribution in [-0.4, -0.2) is 17.2 Å². The number of aromatic nitrogens is 1. The van der Waals surface area contributed by atoms with E-state index < -0.39 is 6.10 Å². The van der Waals surface area contributed by atoms with Crippen molar-refractivity contribution in [2.45, 2.75) is 13.0 Å². The van der Waals surface area contributed by atoms with Gasteiger partial charge in [0.25, 0.3) is 0 Å². The van der Waals surface area contributed by atoms with Gasteiger partial charge in [0, 0.05) is 5.38 Å². The first-order valence-electron chi connectivity index (χ1n) is 4.95. The van der Waals surface area contributed by atoms with Crippen LogP contribution in [0.1, 0.15) is 22.4 Å². The normalized spacial score (nSPS) is 12.4. The molecule has 2 rings (SSSR count). The Morgan fingerprint density at radius 3 is 2.88 bits per heavy atom. The Labute approximate surface area is 98.4 Å². The third-order valence-corrected chi connectivity index (χ3v) is 3.12. The fourth-order valence-corrected chi connectivity index (χ4v) is 2.12. The molecule has 4 heteroatoms. The Bertz CT molecular complexity index is 481. The summed E-state index contributed by atoms with van der Waals surface area (Å²) in [5.74, 6) is 0.739. The molecule has 0 bridgehead atoms. The lowest BCUT2D eigenvalue weighted by atomic mass is 10.1. The molecule has 1 unspecified atom stereocenters. The minimum atomic E-state index is -0.681. The van der Waals surface area contributed by atoms with E-state index >= 15 is 0 Å². The molecule has 84 valence electrons. The first-order chi connectivity index (χ1) is 7.70. The number of methoxy groups -OCH3 is 1. The summed E-state index contributed by atoms with van der Waals surface area (Å²) in [6.45, 7) is 1.92. The van der Waals surface area contributed by atoms with E-state index in [0.29, 0.717) is 5.69 Å². The number of aliphatic hydroxyl groups excluding tert-OH is 1. The van der Waals surface area contributed by atoms with Crippen molar-refractivity contribution >= 4 is 11.3 Å². The molecule has 0 radical (unpaired) electrons. The second kappa shape index (κ2) is 4.63. The van der Waals surface area contributed by atoms with Crippen molar-refractivity contribution in [3.05, 3.63) is 45.9 Å². The summed E-state index contributed by atoms with van der Waals surface area (Å²) < 4.78 is 5.12. The summed E-state index contributed by atoms with van der Waals surface area (Å²) >= 11 is 1.53. The fraction of sp³-hybridized carbons (Fsp3) is 0.250. The van der Waals surface area contributed by atoms with Crippen molar-refractivity contribution in [2.24, 2.45) is 0 Å². The van der Waals surface area contributed by atoms with E-state index in [0.717, 1.165) is 16.3 Å². The maximum Gasteiger partial charge on any atom is 0.122 e. The Balaban J connectivity index is 2.29. The number of ether oxygens (including phenoxy) is 1. The van der Waals surface area contributed by atoms with Crippen molar-refractivity contribution in [3.8, 4) is 5.75 Å². The lowest BCUT2D eigenvalue weighted by molar-refractivity contribution is 0.215. The van der Waals surface area contributed by atoms with Gasteiger partial charge in [-0.25, -0.2) is 4.98 Å². The summed E-state index contributed by atoms with van der Waals surface area (Å²) in [6, 6.07) is 7.39. The van der Waals surface area contributed by atoms with Gasteiger partial charge < -0.3 is 9.84 Å². The average molecular weight is 235 g/mol. The van der Waals surface area contributed by atoms with Crippen LogP contribution in [-0.2, 0) is 0 Å². The largest absolute Gasteiger partial charge is 0.497 e. The van der Waals surface area contributed by atoms with E-state index in [9.17, 15) is 5.11 Å². The van der Waals surface area contributed by atoms with Crippen molar-refractivity contribution in [1.29, 1.82) is 0 Å². The van der Waals surface area contributed by atoms with Crippen molar-refractivity contribution in [3.63, 3.8) is 0 Å². The number of rotatable bonds is 3. The number of hydrogen-bond acceptors (Lipinski definition) is 4. The van der Waals surface area contributed by atoms with Gasteiger partial charge in [0.15, 0.2) is 0 Å². The zero-order chi connectivity index (χ0) is 11.5. The predicted octanol–water partition coefficient (Wildman–Crippen LogP) is 2.54. The number of aliphatic hydroxyl groups is 1. The minimum absolute atomic E-state index is 0.681. The first kappa shape index (κ1) is 11.1. The molecule has 2 aromatic rings. The zero-order valence-electron chi connectivity index (χ0n) is 9.18. The van der Waals surface area contributed by atoms with Gasteiger partial charge in [0.05, 0.1) is 17.8 Å². The summed E-state index contributed by atoms with van der Waals surface area (Å²) in [5.41, 5.74) is 1.49.